The molecule has 2 aliphatic heterocycles. The quantitative estimate of drug-likeness (QED) is 0.592. The lowest BCUT2D eigenvalue weighted by Crippen LogP contribution is -2.04. The number of ether oxygens (including phenoxy) is 4. The zero-order chi connectivity index (χ0) is 23.3. The molecule has 0 unspecified atom stereocenters. The van der Waals surface area contributed by atoms with Crippen LogP contribution in [0.4, 0.5) is 0 Å². The summed E-state index contributed by atoms with van der Waals surface area (Å²) in [7, 11) is 0. The fourth-order valence-corrected chi connectivity index (χ4v) is 3.84. The molecule has 170 valence electrons. The summed E-state index contributed by atoms with van der Waals surface area (Å²) in [6, 6.07) is 15.6. The molecule has 4 N–H and O–H groups in total. The largest absolute Gasteiger partial charge is 0.454 e. The Balaban J connectivity index is 1.36. The van der Waals surface area contributed by atoms with Crippen molar-refractivity contribution >= 4 is 0 Å². The molecule has 3 aromatic rings. The standard InChI is InChI=1S/C28H24N2O4/c29-11-9-23-15-27-25(31-17-33-27)13-21(23)7-5-19-1-2-20(4-3-19)6-8-22-14-26-28(34-18-32-26)16-24(22)10-12-30/h1-4,13-16H,9-12,17-18,29-30H2. The van der Waals surface area contributed by atoms with Gasteiger partial charge < -0.3 is 30.4 Å². The zero-order valence-electron chi connectivity index (χ0n) is 18.6. The third-order valence-corrected chi connectivity index (χ3v) is 5.59. The summed E-state index contributed by atoms with van der Waals surface area (Å²) in [6.07, 6.45) is 1.45. The van der Waals surface area contributed by atoms with Crippen LogP contribution in [0.5, 0.6) is 23.0 Å². The number of hydrogen-bond donors (Lipinski definition) is 2. The van der Waals surface area contributed by atoms with E-state index in [0.717, 1.165) is 57.7 Å². The summed E-state index contributed by atoms with van der Waals surface area (Å²) < 4.78 is 21.9. The SMILES string of the molecule is NCCc1cc2c(cc1C#Cc1ccc(C#Cc3cc4c(cc3CCN)OCO4)cc1)OCO2. The Morgan fingerprint density at radius 1 is 0.559 bits per heavy atom. The fraction of sp³-hybridized carbons (Fsp3) is 0.214. The molecule has 0 aromatic heterocycles. The summed E-state index contributed by atoms with van der Waals surface area (Å²) >= 11 is 0. The topological polar surface area (TPSA) is 89.0 Å². The lowest BCUT2D eigenvalue weighted by molar-refractivity contribution is 0.173. The van der Waals surface area contributed by atoms with Crippen LogP contribution in [0.1, 0.15) is 33.4 Å². The van der Waals surface area contributed by atoms with Gasteiger partial charge >= 0.3 is 0 Å². The van der Waals surface area contributed by atoms with Crippen molar-refractivity contribution in [2.45, 2.75) is 12.8 Å². The fourth-order valence-electron chi connectivity index (χ4n) is 3.84. The Morgan fingerprint density at radius 3 is 1.32 bits per heavy atom. The van der Waals surface area contributed by atoms with E-state index in [1.807, 2.05) is 48.5 Å². The van der Waals surface area contributed by atoms with E-state index in [0.29, 0.717) is 24.6 Å². The molecular weight excluding hydrogens is 428 g/mol. The van der Waals surface area contributed by atoms with E-state index in [4.69, 9.17) is 30.4 Å². The highest BCUT2D eigenvalue weighted by atomic mass is 16.7. The van der Waals surface area contributed by atoms with Gasteiger partial charge in [0.1, 0.15) is 0 Å². The average Bonchev–Trinajstić information content (AvgIpc) is 3.50. The molecule has 0 bridgehead atoms. The minimum absolute atomic E-state index is 0.233. The van der Waals surface area contributed by atoms with Gasteiger partial charge in [-0.2, -0.15) is 0 Å². The highest BCUT2D eigenvalue weighted by Crippen LogP contribution is 2.35. The molecular formula is C28H24N2O4. The third-order valence-electron chi connectivity index (χ3n) is 5.59. The molecule has 0 spiro atoms. The Labute approximate surface area is 198 Å². The summed E-state index contributed by atoms with van der Waals surface area (Å²) in [5, 5.41) is 0. The average molecular weight is 453 g/mol. The van der Waals surface area contributed by atoms with Crippen LogP contribution in [0.3, 0.4) is 0 Å². The van der Waals surface area contributed by atoms with Gasteiger partial charge in [-0.15, -0.1) is 0 Å². The van der Waals surface area contributed by atoms with E-state index in [9.17, 15) is 0 Å². The summed E-state index contributed by atoms with van der Waals surface area (Å²) in [5.41, 5.74) is 17.2. The smallest absolute Gasteiger partial charge is 0.231 e. The maximum absolute atomic E-state index is 5.77. The van der Waals surface area contributed by atoms with E-state index in [2.05, 4.69) is 23.7 Å². The Kier molecular flexibility index (Phi) is 6.27. The second-order valence-corrected chi connectivity index (χ2v) is 7.88. The van der Waals surface area contributed by atoms with Crippen LogP contribution in [0.25, 0.3) is 0 Å². The van der Waals surface area contributed by atoms with Gasteiger partial charge in [-0.1, -0.05) is 23.7 Å². The lowest BCUT2D eigenvalue weighted by atomic mass is 10.0. The van der Waals surface area contributed by atoms with Gasteiger partial charge in [0.15, 0.2) is 23.0 Å². The normalized spacial score (nSPS) is 12.5. The Morgan fingerprint density at radius 2 is 0.941 bits per heavy atom. The first-order valence-electron chi connectivity index (χ1n) is 11.1. The predicted octanol–water partition coefficient (Wildman–Crippen LogP) is 2.95. The van der Waals surface area contributed by atoms with E-state index in [1.165, 1.54) is 0 Å². The van der Waals surface area contributed by atoms with Gasteiger partial charge in [0.25, 0.3) is 0 Å². The Hall–Kier alpha value is -4.10. The van der Waals surface area contributed by atoms with Gasteiger partial charge in [0.2, 0.25) is 13.6 Å². The molecule has 34 heavy (non-hydrogen) atoms. The summed E-state index contributed by atoms with van der Waals surface area (Å²) in [6.45, 7) is 1.55. The highest BCUT2D eigenvalue weighted by Gasteiger charge is 2.17. The Bertz CT molecular complexity index is 1240. The monoisotopic (exact) mass is 452 g/mol. The maximum Gasteiger partial charge on any atom is 0.231 e. The minimum Gasteiger partial charge on any atom is -0.454 e. The van der Waals surface area contributed by atoms with Crippen LogP contribution in [0.2, 0.25) is 0 Å². The minimum atomic E-state index is 0.233. The van der Waals surface area contributed by atoms with Crippen LogP contribution >= 0.6 is 0 Å². The van der Waals surface area contributed by atoms with Gasteiger partial charge in [0.05, 0.1) is 0 Å². The molecule has 0 radical (unpaired) electrons. The van der Waals surface area contributed by atoms with Crippen LogP contribution in [0, 0.1) is 23.7 Å². The molecule has 0 aliphatic carbocycles. The van der Waals surface area contributed by atoms with E-state index in [1.54, 1.807) is 0 Å². The van der Waals surface area contributed by atoms with E-state index >= 15 is 0 Å². The first-order valence-corrected chi connectivity index (χ1v) is 11.1. The number of hydrogen-bond acceptors (Lipinski definition) is 6. The first-order chi connectivity index (χ1) is 16.7. The van der Waals surface area contributed by atoms with Crippen LogP contribution < -0.4 is 30.4 Å². The van der Waals surface area contributed by atoms with E-state index in [-0.39, 0.29) is 13.6 Å². The van der Waals surface area contributed by atoms with Crippen molar-refractivity contribution in [3.8, 4) is 46.7 Å². The molecule has 5 rings (SSSR count). The van der Waals surface area contributed by atoms with Crippen LogP contribution in [-0.4, -0.2) is 26.7 Å². The van der Waals surface area contributed by atoms with Crippen molar-refractivity contribution in [1.82, 2.24) is 0 Å². The number of nitrogens with two attached hydrogens (primary N) is 2. The lowest BCUT2D eigenvalue weighted by Gasteiger charge is -2.05. The molecule has 6 heteroatoms. The molecule has 0 fully saturated rings. The maximum atomic E-state index is 5.77. The van der Waals surface area contributed by atoms with Crippen molar-refractivity contribution in [1.29, 1.82) is 0 Å². The van der Waals surface area contributed by atoms with Crippen molar-refractivity contribution in [3.05, 3.63) is 81.9 Å². The molecule has 0 saturated carbocycles. The highest BCUT2D eigenvalue weighted by molar-refractivity contribution is 5.57. The van der Waals surface area contributed by atoms with E-state index < -0.39 is 0 Å². The van der Waals surface area contributed by atoms with Crippen LogP contribution in [0.15, 0.2) is 48.5 Å². The van der Waals surface area contributed by atoms with Crippen molar-refractivity contribution in [2.75, 3.05) is 26.7 Å². The first kappa shape index (κ1) is 21.7. The molecule has 6 nitrogen and oxygen atoms in total. The molecule has 0 atom stereocenters. The number of fused-ring (bicyclic) bond motifs is 2. The van der Waals surface area contributed by atoms with Crippen molar-refractivity contribution < 1.29 is 18.9 Å². The van der Waals surface area contributed by atoms with Gasteiger partial charge in [-0.25, -0.2) is 0 Å². The van der Waals surface area contributed by atoms with Crippen molar-refractivity contribution in [3.63, 3.8) is 0 Å². The summed E-state index contributed by atoms with van der Waals surface area (Å²) in [4.78, 5) is 0. The second-order valence-electron chi connectivity index (χ2n) is 7.88. The van der Waals surface area contributed by atoms with Gasteiger partial charge in [-0.05, 0) is 73.5 Å². The van der Waals surface area contributed by atoms with Gasteiger partial charge in [0, 0.05) is 34.4 Å². The molecule has 3 aromatic carbocycles. The third kappa shape index (κ3) is 4.65. The van der Waals surface area contributed by atoms with Gasteiger partial charge in [-0.3, -0.25) is 0 Å². The molecule has 0 saturated heterocycles. The van der Waals surface area contributed by atoms with Crippen molar-refractivity contribution in [2.24, 2.45) is 11.5 Å². The zero-order valence-corrected chi connectivity index (χ0v) is 18.6. The number of rotatable bonds is 4. The number of benzene rings is 3. The second kappa shape index (κ2) is 9.80. The molecule has 0 amide bonds. The predicted molar refractivity (Wildman–Crippen MR) is 129 cm³/mol. The summed E-state index contributed by atoms with van der Waals surface area (Å²) in [5.74, 6) is 15.9. The molecule has 2 heterocycles. The molecule has 2 aliphatic rings. The van der Waals surface area contributed by atoms with Crippen LogP contribution in [-0.2, 0) is 12.8 Å².